The van der Waals surface area contributed by atoms with E-state index in [2.05, 4.69) is 5.32 Å². The Balaban J connectivity index is 1.74. The zero-order chi connectivity index (χ0) is 19.9. The molecule has 1 atom stereocenters. The highest BCUT2D eigenvalue weighted by atomic mass is 19.1. The molecule has 0 radical (unpaired) electrons. The van der Waals surface area contributed by atoms with Gasteiger partial charge in [-0.2, -0.15) is 0 Å². The van der Waals surface area contributed by atoms with Gasteiger partial charge in [0.05, 0.1) is 0 Å². The highest BCUT2D eigenvalue weighted by Crippen LogP contribution is 2.26. The molecule has 142 valence electrons. The van der Waals surface area contributed by atoms with Crippen LogP contribution >= 0.6 is 0 Å². The van der Waals surface area contributed by atoms with E-state index in [9.17, 15) is 14.0 Å². The first-order valence-electron chi connectivity index (χ1n) is 8.91. The van der Waals surface area contributed by atoms with Crippen molar-refractivity contribution in [2.24, 2.45) is 0 Å². The minimum absolute atomic E-state index is 0.397. The third-order valence-corrected chi connectivity index (χ3v) is 4.28. The van der Waals surface area contributed by atoms with Crippen molar-refractivity contribution in [1.29, 1.82) is 0 Å². The maximum Gasteiger partial charge on any atom is 0.318 e. The molecule has 1 amide bonds. The summed E-state index contributed by atoms with van der Waals surface area (Å²) in [5.74, 6) is -2.03. The van der Waals surface area contributed by atoms with Crippen molar-refractivity contribution in [2.75, 3.05) is 5.32 Å². The van der Waals surface area contributed by atoms with E-state index in [4.69, 9.17) is 4.74 Å². The van der Waals surface area contributed by atoms with Crippen LogP contribution in [0.4, 0.5) is 10.1 Å². The summed E-state index contributed by atoms with van der Waals surface area (Å²) in [5, 5.41) is 2.61. The Morgan fingerprint density at radius 2 is 1.32 bits per heavy atom. The number of anilines is 1. The molecule has 4 nitrogen and oxygen atoms in total. The summed E-state index contributed by atoms with van der Waals surface area (Å²) in [6.07, 6.45) is -1.01. The van der Waals surface area contributed by atoms with Gasteiger partial charge < -0.3 is 10.1 Å². The molecule has 0 saturated carbocycles. The van der Waals surface area contributed by atoms with Crippen LogP contribution in [0.2, 0.25) is 0 Å². The van der Waals surface area contributed by atoms with Crippen molar-refractivity contribution >= 4 is 17.6 Å². The molecule has 3 aromatic rings. The number of halogens is 1. The van der Waals surface area contributed by atoms with Crippen LogP contribution < -0.4 is 5.32 Å². The lowest BCUT2D eigenvalue weighted by Gasteiger charge is -2.20. The SMILES string of the molecule is C[C@@H](OC(=O)C(c1ccccc1)c1ccccc1)C(=O)Nc1ccc(F)cc1. The summed E-state index contributed by atoms with van der Waals surface area (Å²) in [6.45, 7) is 1.50. The number of benzene rings is 3. The number of hydrogen-bond donors (Lipinski definition) is 1. The van der Waals surface area contributed by atoms with Crippen LogP contribution in [0.3, 0.4) is 0 Å². The summed E-state index contributed by atoms with van der Waals surface area (Å²) in [4.78, 5) is 25.3. The second-order valence-corrected chi connectivity index (χ2v) is 6.33. The Morgan fingerprint density at radius 3 is 1.82 bits per heavy atom. The fourth-order valence-electron chi connectivity index (χ4n) is 2.83. The van der Waals surface area contributed by atoms with E-state index < -0.39 is 29.7 Å². The Bertz CT molecular complexity index is 888. The molecule has 0 aliphatic rings. The molecule has 5 heteroatoms. The molecular weight excluding hydrogens is 357 g/mol. The molecule has 0 saturated heterocycles. The molecule has 0 unspecified atom stereocenters. The van der Waals surface area contributed by atoms with Crippen LogP contribution in [0.5, 0.6) is 0 Å². The number of carbonyl (C=O) groups excluding carboxylic acids is 2. The largest absolute Gasteiger partial charge is 0.452 e. The number of carbonyl (C=O) groups is 2. The normalized spacial score (nSPS) is 11.7. The van der Waals surface area contributed by atoms with Crippen LogP contribution in [0.15, 0.2) is 84.9 Å². The van der Waals surface area contributed by atoms with Crippen molar-refractivity contribution < 1.29 is 18.7 Å². The van der Waals surface area contributed by atoms with Gasteiger partial charge in [0.1, 0.15) is 11.7 Å². The zero-order valence-electron chi connectivity index (χ0n) is 15.3. The number of hydrogen-bond acceptors (Lipinski definition) is 3. The van der Waals surface area contributed by atoms with Gasteiger partial charge in [0.15, 0.2) is 6.10 Å². The van der Waals surface area contributed by atoms with Crippen LogP contribution in [-0.4, -0.2) is 18.0 Å². The number of amides is 1. The Kier molecular flexibility index (Phi) is 6.17. The number of nitrogens with one attached hydrogen (secondary N) is 1. The summed E-state index contributed by atoms with van der Waals surface area (Å²) < 4.78 is 18.4. The smallest absolute Gasteiger partial charge is 0.318 e. The lowest BCUT2D eigenvalue weighted by molar-refractivity contribution is -0.153. The van der Waals surface area contributed by atoms with Crippen LogP contribution in [0.1, 0.15) is 24.0 Å². The molecule has 3 aromatic carbocycles. The van der Waals surface area contributed by atoms with E-state index in [0.717, 1.165) is 11.1 Å². The maximum absolute atomic E-state index is 13.0. The van der Waals surface area contributed by atoms with E-state index in [0.29, 0.717) is 5.69 Å². The van der Waals surface area contributed by atoms with Gasteiger partial charge in [-0.15, -0.1) is 0 Å². The summed E-state index contributed by atoms with van der Waals surface area (Å²) in [5.41, 5.74) is 1.99. The summed E-state index contributed by atoms with van der Waals surface area (Å²) in [7, 11) is 0. The molecule has 0 fully saturated rings. The van der Waals surface area contributed by atoms with E-state index in [-0.39, 0.29) is 0 Å². The van der Waals surface area contributed by atoms with Gasteiger partial charge in [0.2, 0.25) is 0 Å². The van der Waals surface area contributed by atoms with Gasteiger partial charge in [-0.25, -0.2) is 4.39 Å². The van der Waals surface area contributed by atoms with Crippen LogP contribution in [-0.2, 0) is 14.3 Å². The Hall–Kier alpha value is -3.47. The molecule has 28 heavy (non-hydrogen) atoms. The molecule has 1 N–H and O–H groups in total. The minimum atomic E-state index is -1.01. The van der Waals surface area contributed by atoms with E-state index in [1.165, 1.54) is 31.2 Å². The van der Waals surface area contributed by atoms with Crippen molar-refractivity contribution in [3.63, 3.8) is 0 Å². The Labute approximate surface area is 163 Å². The second kappa shape index (κ2) is 8.95. The van der Waals surface area contributed by atoms with E-state index >= 15 is 0 Å². The van der Waals surface area contributed by atoms with E-state index in [1.807, 2.05) is 60.7 Å². The number of ether oxygens (including phenoxy) is 1. The maximum atomic E-state index is 13.0. The fraction of sp³-hybridized carbons (Fsp3) is 0.130. The molecular formula is C23H20FNO3. The zero-order valence-corrected chi connectivity index (χ0v) is 15.3. The third kappa shape index (κ3) is 4.82. The number of esters is 1. The first kappa shape index (κ1) is 19.3. The molecule has 0 aromatic heterocycles. The van der Waals surface area contributed by atoms with Gasteiger partial charge >= 0.3 is 5.97 Å². The topological polar surface area (TPSA) is 55.4 Å². The molecule has 0 heterocycles. The highest BCUT2D eigenvalue weighted by molar-refractivity contribution is 5.95. The first-order chi connectivity index (χ1) is 13.5. The van der Waals surface area contributed by atoms with Crippen molar-refractivity contribution in [3.05, 3.63) is 102 Å². The standard InChI is InChI=1S/C23H20FNO3/c1-16(22(26)25-20-14-12-19(24)13-15-20)28-23(27)21(17-8-4-2-5-9-17)18-10-6-3-7-11-18/h2-16,21H,1H3,(H,25,26)/t16-/m1/s1. The third-order valence-electron chi connectivity index (χ3n) is 4.28. The van der Waals surface area contributed by atoms with Crippen LogP contribution in [0.25, 0.3) is 0 Å². The predicted octanol–water partition coefficient (Wildman–Crippen LogP) is 4.53. The molecule has 0 aliphatic carbocycles. The average molecular weight is 377 g/mol. The highest BCUT2D eigenvalue weighted by Gasteiger charge is 2.27. The van der Waals surface area contributed by atoms with Crippen molar-refractivity contribution in [1.82, 2.24) is 0 Å². The van der Waals surface area contributed by atoms with Gasteiger partial charge in [-0.05, 0) is 42.3 Å². The molecule has 0 bridgehead atoms. The lowest BCUT2D eigenvalue weighted by Crippen LogP contribution is -2.32. The lowest BCUT2D eigenvalue weighted by atomic mass is 9.91. The number of rotatable bonds is 6. The summed E-state index contributed by atoms with van der Waals surface area (Å²) >= 11 is 0. The predicted molar refractivity (Wildman–Crippen MR) is 105 cm³/mol. The molecule has 0 spiro atoms. The van der Waals surface area contributed by atoms with Gasteiger partial charge in [0, 0.05) is 5.69 Å². The van der Waals surface area contributed by atoms with Gasteiger partial charge in [-0.3, -0.25) is 9.59 Å². The van der Waals surface area contributed by atoms with Crippen LogP contribution in [0, 0.1) is 5.82 Å². The Morgan fingerprint density at radius 1 is 0.821 bits per heavy atom. The van der Waals surface area contributed by atoms with E-state index in [1.54, 1.807) is 0 Å². The van der Waals surface area contributed by atoms with Gasteiger partial charge in [0.25, 0.3) is 5.91 Å². The molecule has 3 rings (SSSR count). The average Bonchev–Trinajstić information content (AvgIpc) is 2.71. The van der Waals surface area contributed by atoms with Gasteiger partial charge in [-0.1, -0.05) is 60.7 Å². The van der Waals surface area contributed by atoms with Crippen molar-refractivity contribution in [2.45, 2.75) is 18.9 Å². The monoisotopic (exact) mass is 377 g/mol. The van der Waals surface area contributed by atoms with Crippen molar-refractivity contribution in [3.8, 4) is 0 Å². The second-order valence-electron chi connectivity index (χ2n) is 6.33. The quantitative estimate of drug-likeness (QED) is 0.642. The first-order valence-corrected chi connectivity index (χ1v) is 8.91. The fourth-order valence-corrected chi connectivity index (χ4v) is 2.83. The molecule has 0 aliphatic heterocycles. The summed E-state index contributed by atoms with van der Waals surface area (Å²) in [6, 6.07) is 23.9. The minimum Gasteiger partial charge on any atom is -0.452 e.